The molecule has 0 radical (unpaired) electrons. The number of thiophene rings is 2. The number of benzene rings is 8. The molecule has 12 aromatic rings. The Labute approximate surface area is 368 Å². The molecule has 0 saturated carbocycles. The molecule has 288 valence electrons. The third kappa shape index (κ3) is 5.58. The van der Waals surface area contributed by atoms with Gasteiger partial charge in [-0.25, -0.2) is 0 Å². The van der Waals surface area contributed by atoms with E-state index in [0.717, 1.165) is 0 Å². The number of rotatable bonds is 6. The Morgan fingerprint density at radius 3 is 1.48 bits per heavy atom. The van der Waals surface area contributed by atoms with E-state index in [-0.39, 0.29) is 0 Å². The van der Waals surface area contributed by atoms with Crippen LogP contribution in [0.3, 0.4) is 0 Å². The van der Waals surface area contributed by atoms with Crippen molar-refractivity contribution >= 4 is 84.7 Å². The van der Waals surface area contributed by atoms with Crippen LogP contribution >= 0.6 is 42.5 Å². The van der Waals surface area contributed by atoms with Crippen LogP contribution in [0.1, 0.15) is 0 Å². The van der Waals surface area contributed by atoms with Crippen LogP contribution in [0.15, 0.2) is 212 Å². The fourth-order valence-electron chi connectivity index (χ4n) is 9.29. The molecule has 5 heteroatoms. The number of nitrogens with zero attached hydrogens (tertiary/aromatic N) is 2. The van der Waals surface area contributed by atoms with Gasteiger partial charge < -0.3 is 0 Å². The van der Waals surface area contributed by atoms with Crippen molar-refractivity contribution < 1.29 is 0 Å². The second kappa shape index (κ2) is 14.0. The molecule has 0 saturated heterocycles. The molecular formula is C56H35IN2S2. The number of para-hydroxylation sites is 2. The van der Waals surface area contributed by atoms with Crippen LogP contribution in [-0.2, 0) is 0 Å². The average Bonchev–Trinajstić information content (AvgIpc) is 4.14. The quantitative estimate of drug-likeness (QED) is 0.147. The van der Waals surface area contributed by atoms with Crippen molar-refractivity contribution in [3.8, 4) is 54.5 Å². The summed E-state index contributed by atoms with van der Waals surface area (Å²) in [6.07, 6.45) is 0. The summed E-state index contributed by atoms with van der Waals surface area (Å²) in [5.41, 5.74) is 15.2. The summed E-state index contributed by atoms with van der Waals surface area (Å²) in [7, 11) is 0. The summed E-state index contributed by atoms with van der Waals surface area (Å²) in [6.45, 7) is 0. The summed E-state index contributed by atoms with van der Waals surface area (Å²) in [4.78, 5) is 2.58. The van der Waals surface area contributed by atoms with Gasteiger partial charge in [-0.3, -0.25) is 0 Å². The molecule has 1 aliphatic heterocycles. The van der Waals surface area contributed by atoms with E-state index in [1.54, 1.807) is 0 Å². The minimum atomic E-state index is -2.06. The number of hydrogen-bond acceptors (Lipinski definition) is 2. The van der Waals surface area contributed by atoms with Crippen LogP contribution in [0.4, 0.5) is 0 Å². The van der Waals surface area contributed by atoms with Crippen molar-refractivity contribution in [3.63, 3.8) is 0 Å². The van der Waals surface area contributed by atoms with Gasteiger partial charge in [0.15, 0.2) is 0 Å². The van der Waals surface area contributed by atoms with Crippen LogP contribution in [-0.4, -0.2) is 9.13 Å². The average molecular weight is 927 g/mol. The summed E-state index contributed by atoms with van der Waals surface area (Å²) in [5, 5.41) is 2.61. The zero-order chi connectivity index (χ0) is 40.0. The van der Waals surface area contributed by atoms with Crippen molar-refractivity contribution in [1.29, 1.82) is 0 Å². The van der Waals surface area contributed by atoms with Crippen molar-refractivity contribution in [2.45, 2.75) is 0 Å². The Kier molecular flexibility index (Phi) is 8.11. The van der Waals surface area contributed by atoms with Gasteiger partial charge >= 0.3 is 317 Å². The third-order valence-corrected chi connectivity index (χ3v) is 20.6. The normalized spacial score (nSPS) is 12.8. The summed E-state index contributed by atoms with van der Waals surface area (Å²) < 4.78 is 12.2. The van der Waals surface area contributed by atoms with E-state index in [2.05, 4.69) is 221 Å². The molecule has 0 atom stereocenters. The van der Waals surface area contributed by atoms with Crippen LogP contribution in [0, 0.1) is 10.7 Å². The number of aromatic nitrogens is 2. The molecule has 0 bridgehead atoms. The number of halogens is 1. The molecule has 5 heterocycles. The van der Waals surface area contributed by atoms with Crippen molar-refractivity contribution in [2.75, 3.05) is 0 Å². The van der Waals surface area contributed by atoms with E-state index in [4.69, 9.17) is 0 Å². The van der Waals surface area contributed by atoms with Gasteiger partial charge in [0.25, 0.3) is 0 Å². The first-order chi connectivity index (χ1) is 30.2. The predicted molar refractivity (Wildman–Crippen MR) is 269 cm³/mol. The van der Waals surface area contributed by atoms with Crippen LogP contribution < -0.4 is 0 Å². The van der Waals surface area contributed by atoms with E-state index in [1.807, 2.05) is 22.7 Å². The third-order valence-electron chi connectivity index (χ3n) is 12.1. The maximum atomic E-state index is 2.59. The van der Waals surface area contributed by atoms with Gasteiger partial charge in [0, 0.05) is 0 Å². The number of fused-ring (bicyclic) bond motifs is 9. The van der Waals surface area contributed by atoms with E-state index in [9.17, 15) is 0 Å². The first-order valence-corrected chi connectivity index (χ1v) is 25.4. The molecule has 0 unspecified atom stereocenters. The Bertz CT molecular complexity index is 3620. The second-order valence-corrected chi connectivity index (χ2v) is 22.9. The molecule has 1 aliphatic rings. The zero-order valence-corrected chi connectivity index (χ0v) is 36.6. The van der Waals surface area contributed by atoms with E-state index >= 15 is 0 Å². The van der Waals surface area contributed by atoms with Crippen molar-refractivity contribution in [1.82, 2.24) is 9.13 Å². The van der Waals surface area contributed by atoms with E-state index in [0.29, 0.717) is 0 Å². The fourth-order valence-corrected chi connectivity index (χ4v) is 18.2. The van der Waals surface area contributed by atoms with Crippen LogP contribution in [0.25, 0.3) is 96.7 Å². The van der Waals surface area contributed by atoms with Crippen LogP contribution in [0.5, 0.6) is 0 Å². The van der Waals surface area contributed by atoms with Crippen molar-refractivity contribution in [2.24, 2.45) is 0 Å². The summed E-state index contributed by atoms with van der Waals surface area (Å²) >= 11 is 1.76. The second-order valence-electron chi connectivity index (χ2n) is 15.6. The SMILES string of the molecule is c1ccc(-c2ccc3c(c2)I(c2ccccc2)c2cc4c5cc(-c6cc7c(s6)c6sc(-c8ccccc8)cc6n7-c6ccccc6)ccc5n(-c5ccccc5)c4cc2-3)cc1. The minimum absolute atomic E-state index is 1.18. The summed E-state index contributed by atoms with van der Waals surface area (Å²) in [6, 6.07) is 79.0. The molecule has 13 rings (SSSR count). The fraction of sp³-hybridized carbons (Fsp3) is 0. The van der Waals surface area contributed by atoms with Gasteiger partial charge in [-0.05, 0) is 5.56 Å². The molecular weight excluding hydrogens is 892 g/mol. The molecule has 0 spiro atoms. The zero-order valence-electron chi connectivity index (χ0n) is 32.8. The molecule has 0 aliphatic carbocycles. The molecule has 61 heavy (non-hydrogen) atoms. The molecule has 0 N–H and O–H groups in total. The maximum absolute atomic E-state index is 2.59. The van der Waals surface area contributed by atoms with Gasteiger partial charge in [-0.2, -0.15) is 0 Å². The Morgan fingerprint density at radius 2 is 0.836 bits per heavy atom. The van der Waals surface area contributed by atoms with Crippen LogP contribution in [0.2, 0.25) is 0 Å². The first kappa shape index (κ1) is 35.3. The van der Waals surface area contributed by atoms with Gasteiger partial charge in [0.05, 0.1) is 0 Å². The van der Waals surface area contributed by atoms with Gasteiger partial charge in [0.1, 0.15) is 0 Å². The molecule has 2 nitrogen and oxygen atoms in total. The monoisotopic (exact) mass is 926 g/mol. The molecule has 8 aromatic carbocycles. The Morgan fingerprint density at radius 1 is 0.328 bits per heavy atom. The molecule has 0 fully saturated rings. The summed E-state index contributed by atoms with van der Waals surface area (Å²) in [5.74, 6) is 0. The number of hydrogen-bond donors (Lipinski definition) is 0. The topological polar surface area (TPSA) is 9.86 Å². The standard InChI is InChI=1S/C56H35IN2S2/c1-6-16-36(17-7-1)38-26-28-43-44-33-50-46(32-48(44)57(47(43)31-38)40-20-10-3-11-21-40)45-30-39(27-29-49(45)58(50)41-22-12-4-13-23-41)54-35-52-56(61-54)55-51(59(52)42-24-14-5-15-25-42)34-53(60-55)37-18-8-2-9-19-37/h1-35H. The van der Waals surface area contributed by atoms with E-state index < -0.39 is 19.8 Å². The van der Waals surface area contributed by atoms with Gasteiger partial charge in [-0.15, -0.1) is 0 Å². The molecule has 4 aromatic heterocycles. The van der Waals surface area contributed by atoms with E-state index in [1.165, 1.54) is 107 Å². The van der Waals surface area contributed by atoms with Gasteiger partial charge in [0.2, 0.25) is 0 Å². The Hall–Kier alpha value is -6.51. The van der Waals surface area contributed by atoms with Gasteiger partial charge in [-0.1, -0.05) is 48.5 Å². The first-order valence-electron chi connectivity index (χ1n) is 20.6. The van der Waals surface area contributed by atoms with Crippen molar-refractivity contribution in [3.05, 3.63) is 223 Å². The molecule has 0 amide bonds. The Balaban J connectivity index is 1.03. The predicted octanol–water partition coefficient (Wildman–Crippen LogP) is 16.4.